The molecule has 0 aliphatic rings. The summed E-state index contributed by atoms with van der Waals surface area (Å²) >= 11 is 0. The largest absolute Gasteiger partial charge is 0.462 e. The molecular formula is C63H104O5. The Bertz CT molecular complexity index is 1390. The summed E-state index contributed by atoms with van der Waals surface area (Å²) in [6, 6.07) is 0. The second-order valence-electron chi connectivity index (χ2n) is 18.1. The predicted molar refractivity (Wildman–Crippen MR) is 297 cm³/mol. The van der Waals surface area contributed by atoms with Gasteiger partial charge in [0.2, 0.25) is 0 Å². The lowest BCUT2D eigenvalue weighted by Crippen LogP contribution is -2.30. The molecule has 0 aliphatic heterocycles. The van der Waals surface area contributed by atoms with E-state index in [2.05, 4.69) is 142 Å². The minimum Gasteiger partial charge on any atom is -0.462 e. The second-order valence-corrected chi connectivity index (χ2v) is 18.1. The van der Waals surface area contributed by atoms with Gasteiger partial charge in [-0.3, -0.25) is 9.59 Å². The maximum absolute atomic E-state index is 12.8. The summed E-state index contributed by atoms with van der Waals surface area (Å²) in [6.45, 7) is 7.45. The van der Waals surface area contributed by atoms with E-state index in [1.807, 2.05) is 0 Å². The Labute approximate surface area is 420 Å². The number of hydrogen-bond acceptors (Lipinski definition) is 5. The van der Waals surface area contributed by atoms with Gasteiger partial charge in [-0.2, -0.15) is 0 Å². The van der Waals surface area contributed by atoms with Crippen LogP contribution in [-0.4, -0.2) is 37.9 Å². The lowest BCUT2D eigenvalue weighted by Gasteiger charge is -2.18. The van der Waals surface area contributed by atoms with Crippen molar-refractivity contribution >= 4 is 11.9 Å². The van der Waals surface area contributed by atoms with Crippen molar-refractivity contribution in [1.82, 2.24) is 0 Å². The molecule has 0 heterocycles. The van der Waals surface area contributed by atoms with E-state index in [1.54, 1.807) is 0 Å². The van der Waals surface area contributed by atoms with Crippen molar-refractivity contribution < 1.29 is 23.8 Å². The number of rotatable bonds is 50. The Kier molecular flexibility index (Phi) is 54.5. The highest BCUT2D eigenvalue weighted by Gasteiger charge is 2.17. The van der Waals surface area contributed by atoms with Gasteiger partial charge in [-0.05, 0) is 128 Å². The van der Waals surface area contributed by atoms with Gasteiger partial charge in [0.1, 0.15) is 6.61 Å². The third-order valence-electron chi connectivity index (χ3n) is 11.5. The lowest BCUT2D eigenvalue weighted by molar-refractivity contribution is -0.163. The molecule has 0 rings (SSSR count). The van der Waals surface area contributed by atoms with Crippen LogP contribution in [0, 0.1) is 0 Å². The van der Waals surface area contributed by atoms with Crippen molar-refractivity contribution in [2.45, 2.75) is 245 Å². The Morgan fingerprint density at radius 2 is 0.662 bits per heavy atom. The highest BCUT2D eigenvalue weighted by atomic mass is 16.6. The van der Waals surface area contributed by atoms with Crippen molar-refractivity contribution in [3.8, 4) is 0 Å². The molecule has 0 fully saturated rings. The molecule has 0 aliphatic carbocycles. The number of carbonyl (C=O) groups is 2. The first-order valence-corrected chi connectivity index (χ1v) is 28.1. The summed E-state index contributed by atoms with van der Waals surface area (Å²) in [7, 11) is 0. The molecule has 0 aromatic carbocycles. The van der Waals surface area contributed by atoms with Crippen LogP contribution in [0.5, 0.6) is 0 Å². The number of ether oxygens (including phenoxy) is 3. The van der Waals surface area contributed by atoms with E-state index < -0.39 is 6.10 Å². The maximum atomic E-state index is 12.8. The van der Waals surface area contributed by atoms with Gasteiger partial charge < -0.3 is 14.2 Å². The van der Waals surface area contributed by atoms with Crippen LogP contribution in [0.4, 0.5) is 0 Å². The molecule has 386 valence electrons. The second kappa shape index (κ2) is 57.6. The average Bonchev–Trinajstić information content (AvgIpc) is 3.34. The molecule has 0 N–H and O–H groups in total. The Balaban J connectivity index is 4.39. The van der Waals surface area contributed by atoms with Crippen LogP contribution < -0.4 is 0 Å². The van der Waals surface area contributed by atoms with Crippen LogP contribution in [-0.2, 0) is 23.8 Å². The number of carbonyl (C=O) groups excluding carboxylic acids is 2. The number of allylic oxidation sites excluding steroid dienone is 20. The predicted octanol–water partition coefficient (Wildman–Crippen LogP) is 19.3. The molecule has 0 aromatic rings. The van der Waals surface area contributed by atoms with E-state index in [1.165, 1.54) is 83.5 Å². The fourth-order valence-electron chi connectivity index (χ4n) is 7.34. The van der Waals surface area contributed by atoms with Gasteiger partial charge in [-0.1, -0.05) is 219 Å². The Morgan fingerprint density at radius 1 is 0.338 bits per heavy atom. The van der Waals surface area contributed by atoms with Crippen molar-refractivity contribution in [3.63, 3.8) is 0 Å². The van der Waals surface area contributed by atoms with Crippen LogP contribution in [0.15, 0.2) is 122 Å². The fourth-order valence-corrected chi connectivity index (χ4v) is 7.34. The summed E-state index contributed by atoms with van der Waals surface area (Å²) in [4.78, 5) is 25.5. The van der Waals surface area contributed by atoms with Crippen LogP contribution in [0.2, 0.25) is 0 Å². The maximum Gasteiger partial charge on any atom is 0.306 e. The molecule has 5 nitrogen and oxygen atoms in total. The highest BCUT2D eigenvalue weighted by Crippen LogP contribution is 2.14. The van der Waals surface area contributed by atoms with Crippen molar-refractivity contribution in [2.75, 3.05) is 19.8 Å². The van der Waals surface area contributed by atoms with E-state index in [-0.39, 0.29) is 25.2 Å². The van der Waals surface area contributed by atoms with Crippen LogP contribution in [0.25, 0.3) is 0 Å². The molecule has 0 aromatic heterocycles. The SMILES string of the molecule is CC/C=C\C/C=C\C/C=C\C/C=C\C/C=C\CCCCOCC(COC(=O)CCCCCCCCCCC/C=C\C/C=C\CCCCC)OC(=O)CCCCCCC/C=C\C/C=C\C/C=C\CC. The van der Waals surface area contributed by atoms with Crippen LogP contribution in [0.1, 0.15) is 239 Å². The highest BCUT2D eigenvalue weighted by molar-refractivity contribution is 5.70. The van der Waals surface area contributed by atoms with Gasteiger partial charge in [-0.25, -0.2) is 0 Å². The van der Waals surface area contributed by atoms with E-state index in [0.717, 1.165) is 122 Å². The average molecular weight is 942 g/mol. The summed E-state index contributed by atoms with van der Waals surface area (Å²) < 4.78 is 17.4. The molecule has 0 radical (unpaired) electrons. The molecule has 1 atom stereocenters. The number of hydrogen-bond donors (Lipinski definition) is 0. The van der Waals surface area contributed by atoms with E-state index in [0.29, 0.717) is 19.4 Å². The minimum absolute atomic E-state index is 0.0514. The zero-order valence-corrected chi connectivity index (χ0v) is 44.3. The van der Waals surface area contributed by atoms with Crippen molar-refractivity contribution in [3.05, 3.63) is 122 Å². The molecule has 5 heteroatoms. The van der Waals surface area contributed by atoms with Gasteiger partial charge in [0, 0.05) is 19.4 Å². The molecule has 68 heavy (non-hydrogen) atoms. The number of esters is 2. The summed E-state index contributed by atoms with van der Waals surface area (Å²) in [5.41, 5.74) is 0. The van der Waals surface area contributed by atoms with Gasteiger partial charge in [-0.15, -0.1) is 0 Å². The fraction of sp³-hybridized carbons (Fsp3) is 0.651. The van der Waals surface area contributed by atoms with Crippen LogP contribution >= 0.6 is 0 Å². The van der Waals surface area contributed by atoms with Gasteiger partial charge in [0.15, 0.2) is 6.10 Å². The third-order valence-corrected chi connectivity index (χ3v) is 11.5. The third kappa shape index (κ3) is 54.9. The van der Waals surface area contributed by atoms with Crippen LogP contribution in [0.3, 0.4) is 0 Å². The molecule has 0 spiro atoms. The smallest absolute Gasteiger partial charge is 0.306 e. The lowest BCUT2D eigenvalue weighted by atomic mass is 10.1. The zero-order valence-electron chi connectivity index (χ0n) is 44.3. The minimum atomic E-state index is -0.579. The zero-order chi connectivity index (χ0) is 49.2. The number of unbranched alkanes of at least 4 members (excludes halogenated alkanes) is 19. The Hall–Kier alpha value is -3.70. The normalized spacial score (nSPS) is 13.2. The summed E-state index contributed by atoms with van der Waals surface area (Å²) in [5.74, 6) is -0.450. The first kappa shape index (κ1) is 64.3. The van der Waals surface area contributed by atoms with Crippen molar-refractivity contribution in [1.29, 1.82) is 0 Å². The molecule has 0 saturated carbocycles. The quantitative estimate of drug-likeness (QED) is 0.0345. The van der Waals surface area contributed by atoms with Gasteiger partial charge >= 0.3 is 11.9 Å². The first-order chi connectivity index (χ1) is 33.6. The Morgan fingerprint density at radius 3 is 1.06 bits per heavy atom. The topological polar surface area (TPSA) is 61.8 Å². The van der Waals surface area contributed by atoms with E-state index >= 15 is 0 Å². The van der Waals surface area contributed by atoms with E-state index in [4.69, 9.17) is 14.2 Å². The monoisotopic (exact) mass is 941 g/mol. The van der Waals surface area contributed by atoms with E-state index in [9.17, 15) is 9.59 Å². The molecule has 1 unspecified atom stereocenters. The molecule has 0 bridgehead atoms. The molecular weight excluding hydrogens is 837 g/mol. The molecule has 0 amide bonds. The summed E-state index contributed by atoms with van der Waals surface area (Å²) in [5, 5.41) is 0. The standard InChI is InChI=1S/C63H104O5/c1-4-7-10-13-16-19-22-25-28-30-32-33-36-38-41-44-47-50-53-56-62(64)67-60-61(68-63(65)57-54-51-48-45-42-39-35-27-24-21-18-15-12-9-6-3)59-66-58-55-52-49-46-43-40-37-34-31-29-26-23-20-17-14-11-8-5-2/h8-9,11-12,16-21,25-29,34-35,37,43,46,61H,4-7,10,13-15,22-24,30-33,36,38-42,44-45,47-60H2,1-3H3/b11-8-,12-9-,19-16-,20-17-,21-18-,28-25-,29-26-,35-27-,37-34-,46-43-. The van der Waals surface area contributed by atoms with Crippen molar-refractivity contribution in [2.24, 2.45) is 0 Å². The molecule has 0 saturated heterocycles. The van der Waals surface area contributed by atoms with Gasteiger partial charge in [0.25, 0.3) is 0 Å². The van der Waals surface area contributed by atoms with Gasteiger partial charge in [0.05, 0.1) is 6.61 Å². The summed E-state index contributed by atoms with van der Waals surface area (Å²) in [6.07, 6.45) is 80.8. The first-order valence-electron chi connectivity index (χ1n) is 28.1.